The molecule has 0 bridgehead atoms. The predicted molar refractivity (Wildman–Crippen MR) is 72.4 cm³/mol. The van der Waals surface area contributed by atoms with Crippen LogP contribution in [0, 0.1) is 0 Å². The maximum Gasteiger partial charge on any atom is 0.260 e. The molecular formula is C13H15ClN2O3. The Labute approximate surface area is 116 Å². The quantitative estimate of drug-likeness (QED) is 0.846. The van der Waals surface area contributed by atoms with Crippen molar-refractivity contribution in [3.05, 3.63) is 24.3 Å². The molecule has 5 nitrogen and oxygen atoms in total. The lowest BCUT2D eigenvalue weighted by Crippen LogP contribution is -2.49. The molecule has 1 aliphatic heterocycles. The van der Waals surface area contributed by atoms with Crippen molar-refractivity contribution in [3.8, 4) is 5.75 Å². The van der Waals surface area contributed by atoms with Crippen LogP contribution >= 0.6 is 11.6 Å². The smallest absolute Gasteiger partial charge is 0.260 e. The number of benzene rings is 1. The van der Waals surface area contributed by atoms with E-state index in [9.17, 15) is 9.59 Å². The van der Waals surface area contributed by atoms with Crippen LogP contribution in [0.2, 0.25) is 0 Å². The van der Waals surface area contributed by atoms with Crippen LogP contribution < -0.4 is 15.4 Å². The highest BCUT2D eigenvalue weighted by Crippen LogP contribution is 2.33. The highest BCUT2D eigenvalue weighted by Gasteiger charge is 2.32. The van der Waals surface area contributed by atoms with Gasteiger partial charge in [-0.1, -0.05) is 12.1 Å². The molecule has 0 fully saturated rings. The van der Waals surface area contributed by atoms with Crippen LogP contribution in [0.15, 0.2) is 24.3 Å². The molecule has 19 heavy (non-hydrogen) atoms. The molecule has 2 rings (SSSR count). The molecule has 0 saturated heterocycles. The third kappa shape index (κ3) is 2.98. The van der Waals surface area contributed by atoms with Gasteiger partial charge in [-0.15, -0.1) is 11.6 Å². The molecule has 0 radical (unpaired) electrons. The monoisotopic (exact) mass is 282 g/mol. The van der Waals surface area contributed by atoms with E-state index in [1.807, 2.05) is 6.07 Å². The Morgan fingerprint density at radius 1 is 1.42 bits per heavy atom. The average Bonchev–Trinajstić information content (AvgIpc) is 2.43. The van der Waals surface area contributed by atoms with Crippen LogP contribution in [-0.2, 0) is 9.59 Å². The molecule has 1 atom stereocenters. The summed E-state index contributed by atoms with van der Waals surface area (Å²) in [7, 11) is 0. The third-order valence-corrected chi connectivity index (χ3v) is 3.18. The number of para-hydroxylation sites is 2. The van der Waals surface area contributed by atoms with Gasteiger partial charge in [0, 0.05) is 12.3 Å². The van der Waals surface area contributed by atoms with Crippen molar-refractivity contribution in [2.45, 2.75) is 18.9 Å². The molecule has 1 aromatic rings. The number of rotatable bonds is 4. The van der Waals surface area contributed by atoms with E-state index in [0.717, 1.165) is 0 Å². The summed E-state index contributed by atoms with van der Waals surface area (Å²) >= 11 is 5.59. The Morgan fingerprint density at radius 3 is 2.84 bits per heavy atom. The number of nitrogens with two attached hydrogens (primary N) is 1. The third-order valence-electron chi connectivity index (χ3n) is 2.92. The number of anilines is 1. The molecule has 6 heteroatoms. The second-order valence-corrected chi connectivity index (χ2v) is 4.65. The summed E-state index contributed by atoms with van der Waals surface area (Å²) in [6.07, 6.45) is 0.125. The molecule has 102 valence electrons. The Bertz CT molecular complexity index is 493. The van der Waals surface area contributed by atoms with Crippen molar-refractivity contribution >= 4 is 29.1 Å². The Hall–Kier alpha value is -1.75. The van der Waals surface area contributed by atoms with Crippen molar-refractivity contribution in [2.75, 3.05) is 17.3 Å². The van der Waals surface area contributed by atoms with Gasteiger partial charge in [0.25, 0.3) is 5.91 Å². The van der Waals surface area contributed by atoms with Crippen molar-refractivity contribution in [2.24, 2.45) is 5.73 Å². The Balaban J connectivity index is 2.26. The number of alkyl halides is 1. The fourth-order valence-corrected chi connectivity index (χ4v) is 2.11. The summed E-state index contributed by atoms with van der Waals surface area (Å²) < 4.78 is 5.48. The van der Waals surface area contributed by atoms with Gasteiger partial charge in [0.05, 0.1) is 12.2 Å². The fourth-order valence-electron chi connectivity index (χ4n) is 1.97. The number of hydrogen-bond donors (Lipinski definition) is 1. The lowest BCUT2D eigenvalue weighted by atomic mass is 10.1. The number of amides is 2. The molecule has 2 amide bonds. The van der Waals surface area contributed by atoms with E-state index in [1.54, 1.807) is 23.1 Å². The SMILES string of the molecule is NC(=O)C1CN(C(=O)CCCCl)c2ccccc2O1. The molecule has 1 unspecified atom stereocenters. The molecule has 1 heterocycles. The highest BCUT2D eigenvalue weighted by molar-refractivity contribution is 6.18. The van der Waals surface area contributed by atoms with Crippen molar-refractivity contribution in [3.63, 3.8) is 0 Å². The summed E-state index contributed by atoms with van der Waals surface area (Å²) in [5.41, 5.74) is 5.93. The number of hydrogen-bond acceptors (Lipinski definition) is 3. The van der Waals surface area contributed by atoms with E-state index in [2.05, 4.69) is 0 Å². The molecule has 1 aromatic carbocycles. The standard InChI is InChI=1S/C13H15ClN2O3/c14-7-3-6-12(17)16-8-11(13(15)18)19-10-5-2-1-4-9(10)16/h1-2,4-5,11H,3,6-8H2,(H2,15,18). The van der Waals surface area contributed by atoms with Gasteiger partial charge in [-0.2, -0.15) is 0 Å². The number of carbonyl (C=O) groups is 2. The average molecular weight is 283 g/mol. The van der Waals surface area contributed by atoms with E-state index in [0.29, 0.717) is 30.2 Å². The van der Waals surface area contributed by atoms with Crippen LogP contribution in [0.3, 0.4) is 0 Å². The summed E-state index contributed by atoms with van der Waals surface area (Å²) in [5, 5.41) is 0. The van der Waals surface area contributed by atoms with Crippen LogP contribution in [-0.4, -0.2) is 30.3 Å². The predicted octanol–water partition coefficient (Wildman–Crippen LogP) is 1.28. The molecule has 0 aliphatic carbocycles. The maximum absolute atomic E-state index is 12.1. The zero-order chi connectivity index (χ0) is 13.8. The second-order valence-electron chi connectivity index (χ2n) is 4.27. The Morgan fingerprint density at radius 2 is 2.16 bits per heavy atom. The van der Waals surface area contributed by atoms with Gasteiger partial charge in [-0.3, -0.25) is 9.59 Å². The van der Waals surface area contributed by atoms with E-state index in [-0.39, 0.29) is 12.5 Å². The van der Waals surface area contributed by atoms with Crippen molar-refractivity contribution in [1.29, 1.82) is 0 Å². The van der Waals surface area contributed by atoms with Gasteiger partial charge < -0.3 is 15.4 Å². The van der Waals surface area contributed by atoms with Crippen LogP contribution in [0.4, 0.5) is 5.69 Å². The molecule has 0 spiro atoms. The van der Waals surface area contributed by atoms with Crippen LogP contribution in [0.5, 0.6) is 5.75 Å². The van der Waals surface area contributed by atoms with E-state index < -0.39 is 12.0 Å². The van der Waals surface area contributed by atoms with Gasteiger partial charge in [-0.05, 0) is 18.6 Å². The largest absolute Gasteiger partial charge is 0.477 e. The minimum Gasteiger partial charge on any atom is -0.477 e. The van der Waals surface area contributed by atoms with Gasteiger partial charge in [0.2, 0.25) is 5.91 Å². The minimum absolute atomic E-state index is 0.0809. The number of primary amides is 1. The minimum atomic E-state index is -0.810. The summed E-state index contributed by atoms with van der Waals surface area (Å²) in [5.74, 6) is 0.265. The molecular weight excluding hydrogens is 268 g/mol. The Kier molecular flexibility index (Phi) is 4.27. The highest BCUT2D eigenvalue weighted by atomic mass is 35.5. The van der Waals surface area contributed by atoms with Crippen molar-refractivity contribution in [1.82, 2.24) is 0 Å². The zero-order valence-corrected chi connectivity index (χ0v) is 11.1. The van der Waals surface area contributed by atoms with Crippen LogP contribution in [0.25, 0.3) is 0 Å². The first kappa shape index (κ1) is 13.7. The number of halogens is 1. The first-order valence-electron chi connectivity index (χ1n) is 6.05. The lowest BCUT2D eigenvalue weighted by Gasteiger charge is -2.33. The van der Waals surface area contributed by atoms with Crippen molar-refractivity contribution < 1.29 is 14.3 Å². The molecule has 0 saturated carbocycles. The van der Waals surface area contributed by atoms with Gasteiger partial charge in [0.1, 0.15) is 5.75 Å². The number of carbonyl (C=O) groups excluding carboxylic acids is 2. The summed E-state index contributed by atoms with van der Waals surface area (Å²) in [6.45, 7) is 0.146. The van der Waals surface area contributed by atoms with E-state index in [4.69, 9.17) is 22.1 Å². The topological polar surface area (TPSA) is 72.6 Å². The van der Waals surface area contributed by atoms with Crippen LogP contribution in [0.1, 0.15) is 12.8 Å². The normalized spacial score (nSPS) is 17.5. The first-order chi connectivity index (χ1) is 9.13. The van der Waals surface area contributed by atoms with E-state index >= 15 is 0 Å². The molecule has 1 aliphatic rings. The lowest BCUT2D eigenvalue weighted by molar-refractivity contribution is -0.125. The second kappa shape index (κ2) is 5.93. The zero-order valence-electron chi connectivity index (χ0n) is 10.3. The number of fused-ring (bicyclic) bond motifs is 1. The summed E-state index contributed by atoms with van der Waals surface area (Å²) in [4.78, 5) is 25.0. The van der Waals surface area contributed by atoms with E-state index in [1.165, 1.54) is 0 Å². The molecule has 0 aromatic heterocycles. The van der Waals surface area contributed by atoms with Gasteiger partial charge >= 0.3 is 0 Å². The van der Waals surface area contributed by atoms with Gasteiger partial charge in [-0.25, -0.2) is 0 Å². The molecule has 2 N–H and O–H groups in total. The number of nitrogens with zero attached hydrogens (tertiary/aromatic N) is 1. The maximum atomic E-state index is 12.1. The summed E-state index contributed by atoms with van der Waals surface area (Å²) in [6, 6.07) is 7.09. The van der Waals surface area contributed by atoms with Gasteiger partial charge in [0.15, 0.2) is 6.10 Å². The number of ether oxygens (including phenoxy) is 1. The fraction of sp³-hybridized carbons (Fsp3) is 0.385. The first-order valence-corrected chi connectivity index (χ1v) is 6.58.